The highest BCUT2D eigenvalue weighted by atomic mass is 35.5. The minimum absolute atomic E-state index is 0.0235. The molecule has 0 saturated carbocycles. The van der Waals surface area contributed by atoms with Crippen LogP contribution in [0.2, 0.25) is 5.02 Å². The zero-order valence-corrected chi connectivity index (χ0v) is 16.8. The molecule has 1 unspecified atom stereocenters. The summed E-state index contributed by atoms with van der Waals surface area (Å²) in [5.41, 5.74) is 2.91. The van der Waals surface area contributed by atoms with Gasteiger partial charge in [0.15, 0.2) is 5.78 Å². The van der Waals surface area contributed by atoms with E-state index in [1.807, 2.05) is 54.5 Å². The number of hydrogen-bond donors (Lipinski definition) is 1. The van der Waals surface area contributed by atoms with E-state index in [2.05, 4.69) is 5.32 Å². The Morgan fingerprint density at radius 2 is 1.71 bits per heavy atom. The molecular formula is C22H23ClN2O3. The summed E-state index contributed by atoms with van der Waals surface area (Å²) in [5.74, 6) is -0.988. The van der Waals surface area contributed by atoms with Crippen LogP contribution in [0.3, 0.4) is 0 Å². The van der Waals surface area contributed by atoms with Gasteiger partial charge in [-0.1, -0.05) is 35.9 Å². The van der Waals surface area contributed by atoms with Crippen molar-refractivity contribution < 1.29 is 14.4 Å². The third-order valence-electron chi connectivity index (χ3n) is 5.96. The van der Waals surface area contributed by atoms with Gasteiger partial charge in [-0.15, -0.1) is 0 Å². The monoisotopic (exact) mass is 398 g/mol. The number of ketones is 1. The lowest BCUT2D eigenvalue weighted by atomic mass is 9.79. The average molecular weight is 399 g/mol. The highest BCUT2D eigenvalue weighted by Gasteiger charge is 2.54. The van der Waals surface area contributed by atoms with Crippen LogP contribution >= 0.6 is 11.6 Å². The molecule has 6 heteroatoms. The number of halogens is 1. The van der Waals surface area contributed by atoms with E-state index in [1.165, 1.54) is 0 Å². The predicted octanol–water partition coefficient (Wildman–Crippen LogP) is 3.49. The van der Waals surface area contributed by atoms with Crippen LogP contribution in [0.4, 0.5) is 0 Å². The lowest BCUT2D eigenvalue weighted by Crippen LogP contribution is -2.54. The first-order valence-corrected chi connectivity index (χ1v) is 9.83. The molecule has 1 N–H and O–H groups in total. The second-order valence-electron chi connectivity index (χ2n) is 7.56. The van der Waals surface area contributed by atoms with Crippen molar-refractivity contribution in [2.45, 2.75) is 31.2 Å². The van der Waals surface area contributed by atoms with Crippen LogP contribution in [0, 0.1) is 6.92 Å². The molecule has 1 atom stereocenters. The number of benzene rings is 2. The van der Waals surface area contributed by atoms with Gasteiger partial charge in [-0.3, -0.25) is 9.59 Å². The first-order chi connectivity index (χ1) is 13.4. The number of piperidine rings is 1. The summed E-state index contributed by atoms with van der Waals surface area (Å²) >= 11 is 5.99. The first kappa shape index (κ1) is 19.1. The van der Waals surface area contributed by atoms with Gasteiger partial charge in [0.1, 0.15) is 11.5 Å². The maximum Gasteiger partial charge on any atom is 0.235 e. The number of hydrogen-bond acceptors (Lipinski definition) is 4. The second kappa shape index (κ2) is 7.32. The molecular weight excluding hydrogens is 376 g/mol. The molecule has 2 aromatic carbocycles. The highest BCUT2D eigenvalue weighted by Crippen LogP contribution is 2.38. The van der Waals surface area contributed by atoms with E-state index in [4.69, 9.17) is 16.4 Å². The standard InChI is InChI=1S/C22H23ClN2O3/c1-14-3-4-16(15-5-7-17(23)8-6-15)13-18(14)19-20(26)22(24-21(19)27)9-11-25(28-2)12-10-22/h3-8,13,19H,9-12H2,1-2H3,(H,24,27). The molecule has 28 heavy (non-hydrogen) atoms. The number of rotatable bonds is 3. The molecule has 146 valence electrons. The Bertz CT molecular complexity index is 918. The van der Waals surface area contributed by atoms with Crippen molar-refractivity contribution in [1.82, 2.24) is 10.4 Å². The van der Waals surface area contributed by atoms with Crippen LogP contribution in [0.15, 0.2) is 42.5 Å². The van der Waals surface area contributed by atoms with Crippen LogP contribution in [0.1, 0.15) is 29.9 Å². The van der Waals surface area contributed by atoms with Crippen LogP contribution in [-0.4, -0.2) is 42.5 Å². The fourth-order valence-corrected chi connectivity index (χ4v) is 4.37. The topological polar surface area (TPSA) is 58.6 Å². The Morgan fingerprint density at radius 1 is 1.07 bits per heavy atom. The third kappa shape index (κ3) is 3.24. The smallest absolute Gasteiger partial charge is 0.235 e. The van der Waals surface area contributed by atoms with Gasteiger partial charge in [-0.25, -0.2) is 0 Å². The van der Waals surface area contributed by atoms with Crippen molar-refractivity contribution in [2.75, 3.05) is 20.2 Å². The Labute approximate surface area is 169 Å². The molecule has 2 saturated heterocycles. The number of Topliss-reactive ketones (excluding diaryl/α,β-unsaturated/α-hetero) is 1. The lowest BCUT2D eigenvalue weighted by Gasteiger charge is -2.36. The third-order valence-corrected chi connectivity index (χ3v) is 6.21. The summed E-state index contributed by atoms with van der Waals surface area (Å²) in [6.07, 6.45) is 1.13. The van der Waals surface area contributed by atoms with Gasteiger partial charge in [0.05, 0.1) is 7.11 Å². The van der Waals surface area contributed by atoms with E-state index >= 15 is 0 Å². The minimum Gasteiger partial charge on any atom is -0.343 e. The quantitative estimate of drug-likeness (QED) is 0.804. The average Bonchev–Trinajstić information content (AvgIpc) is 2.93. The molecule has 2 aromatic rings. The van der Waals surface area contributed by atoms with Gasteiger partial charge < -0.3 is 10.2 Å². The molecule has 5 nitrogen and oxygen atoms in total. The number of amides is 1. The molecule has 0 aliphatic carbocycles. The largest absolute Gasteiger partial charge is 0.343 e. The van der Waals surface area contributed by atoms with Gasteiger partial charge in [0.25, 0.3) is 0 Å². The van der Waals surface area contributed by atoms with Crippen LogP contribution < -0.4 is 5.32 Å². The Kier molecular flexibility index (Phi) is 5.00. The second-order valence-corrected chi connectivity index (χ2v) is 7.99. The number of nitrogens with one attached hydrogen (secondary N) is 1. The van der Waals surface area contributed by atoms with Gasteiger partial charge in [0.2, 0.25) is 5.91 Å². The number of nitrogens with zero attached hydrogens (tertiary/aromatic N) is 1. The Balaban J connectivity index is 1.67. The van der Waals surface area contributed by atoms with Crippen molar-refractivity contribution in [3.63, 3.8) is 0 Å². The van der Waals surface area contributed by atoms with E-state index in [0.717, 1.165) is 22.3 Å². The zero-order chi connectivity index (χ0) is 19.9. The first-order valence-electron chi connectivity index (χ1n) is 9.45. The summed E-state index contributed by atoms with van der Waals surface area (Å²) in [5, 5.41) is 5.51. The molecule has 0 bridgehead atoms. The number of carbonyl (C=O) groups excluding carboxylic acids is 2. The van der Waals surface area contributed by atoms with Crippen LogP contribution in [0.25, 0.3) is 11.1 Å². The van der Waals surface area contributed by atoms with Gasteiger partial charge in [-0.05, 0) is 60.2 Å². The molecule has 2 aliphatic heterocycles. The van der Waals surface area contributed by atoms with Gasteiger partial charge in [0, 0.05) is 18.1 Å². The molecule has 0 aromatic heterocycles. The predicted molar refractivity (Wildman–Crippen MR) is 108 cm³/mol. The summed E-state index contributed by atoms with van der Waals surface area (Å²) in [6, 6.07) is 13.5. The fourth-order valence-electron chi connectivity index (χ4n) is 4.24. The number of carbonyl (C=O) groups is 2. The maximum atomic E-state index is 13.4. The molecule has 1 amide bonds. The van der Waals surface area contributed by atoms with E-state index in [-0.39, 0.29) is 11.7 Å². The van der Waals surface area contributed by atoms with Crippen molar-refractivity contribution >= 4 is 23.3 Å². The Hall–Kier alpha value is -2.21. The summed E-state index contributed by atoms with van der Waals surface area (Å²) in [6.45, 7) is 3.19. The van der Waals surface area contributed by atoms with E-state index < -0.39 is 11.5 Å². The highest BCUT2D eigenvalue weighted by molar-refractivity contribution is 6.30. The minimum atomic E-state index is -0.778. The van der Waals surface area contributed by atoms with E-state index in [9.17, 15) is 9.59 Å². The van der Waals surface area contributed by atoms with Crippen LogP contribution in [-0.2, 0) is 14.4 Å². The molecule has 2 fully saturated rings. The molecule has 2 heterocycles. The zero-order valence-electron chi connectivity index (χ0n) is 16.0. The normalized spacial score (nSPS) is 21.9. The van der Waals surface area contributed by atoms with Gasteiger partial charge >= 0.3 is 0 Å². The SMILES string of the molecule is CON1CCC2(CC1)NC(=O)C(c1cc(-c3ccc(Cl)cc3)ccc1C)C2=O. The number of hydroxylamine groups is 2. The molecule has 1 spiro atoms. The summed E-state index contributed by atoms with van der Waals surface area (Å²) in [7, 11) is 1.63. The van der Waals surface area contributed by atoms with E-state index in [1.54, 1.807) is 7.11 Å². The van der Waals surface area contributed by atoms with E-state index in [0.29, 0.717) is 31.0 Å². The maximum absolute atomic E-state index is 13.4. The van der Waals surface area contributed by atoms with Crippen molar-refractivity contribution in [3.05, 3.63) is 58.6 Å². The van der Waals surface area contributed by atoms with Crippen molar-refractivity contribution in [3.8, 4) is 11.1 Å². The van der Waals surface area contributed by atoms with Gasteiger partial charge in [-0.2, -0.15) is 5.06 Å². The number of aryl methyl sites for hydroxylation is 1. The van der Waals surface area contributed by atoms with Crippen molar-refractivity contribution in [2.24, 2.45) is 0 Å². The Morgan fingerprint density at radius 3 is 2.36 bits per heavy atom. The molecule has 4 rings (SSSR count). The summed E-state index contributed by atoms with van der Waals surface area (Å²) < 4.78 is 0. The fraction of sp³-hybridized carbons (Fsp3) is 0.364. The lowest BCUT2D eigenvalue weighted by molar-refractivity contribution is -0.157. The molecule has 2 aliphatic rings. The summed E-state index contributed by atoms with van der Waals surface area (Å²) in [4.78, 5) is 31.5. The molecule has 0 radical (unpaired) electrons. The van der Waals surface area contributed by atoms with Crippen molar-refractivity contribution in [1.29, 1.82) is 0 Å². The van der Waals surface area contributed by atoms with Crippen LogP contribution in [0.5, 0.6) is 0 Å².